The maximum absolute atomic E-state index is 13.3. The van der Waals surface area contributed by atoms with Crippen molar-refractivity contribution in [2.45, 2.75) is 13.3 Å². The summed E-state index contributed by atoms with van der Waals surface area (Å²) in [5.41, 5.74) is 2.06. The predicted molar refractivity (Wildman–Crippen MR) is 103 cm³/mol. The molecule has 0 aliphatic heterocycles. The Hall–Kier alpha value is -3.68. The quantitative estimate of drug-likeness (QED) is 0.607. The van der Waals surface area contributed by atoms with Crippen molar-refractivity contribution in [3.05, 3.63) is 71.3 Å². The monoisotopic (exact) mass is 382 g/mol. The van der Waals surface area contributed by atoms with Gasteiger partial charge in [-0.25, -0.2) is 4.39 Å². The number of carbonyl (C=O) groups is 2. The van der Waals surface area contributed by atoms with Crippen molar-refractivity contribution in [2.24, 2.45) is 0 Å². The Labute approximate surface area is 160 Å². The molecule has 2 aromatic carbocycles. The third kappa shape index (κ3) is 4.35. The Morgan fingerprint density at radius 2 is 1.93 bits per heavy atom. The van der Waals surface area contributed by atoms with Crippen LogP contribution in [0.3, 0.4) is 0 Å². The minimum absolute atomic E-state index is 0.167. The predicted octanol–water partition coefficient (Wildman–Crippen LogP) is 3.62. The molecule has 0 spiro atoms. The van der Waals surface area contributed by atoms with Crippen LogP contribution >= 0.6 is 0 Å². The number of aryl methyl sites for hydroxylation is 1. The summed E-state index contributed by atoms with van der Waals surface area (Å²) >= 11 is 0. The third-order valence-corrected chi connectivity index (χ3v) is 4.04. The second-order valence-electron chi connectivity index (χ2n) is 5.97. The van der Waals surface area contributed by atoms with Gasteiger partial charge in [0.2, 0.25) is 0 Å². The number of aromatic amines is 1. The van der Waals surface area contributed by atoms with Gasteiger partial charge in [-0.05, 0) is 48.9 Å². The minimum atomic E-state index is -0.508. The number of rotatable bonds is 6. The number of methoxy groups -OCH3 is 1. The fraction of sp³-hybridized carbons (Fsp3) is 0.150. The molecule has 0 saturated heterocycles. The van der Waals surface area contributed by atoms with E-state index in [9.17, 15) is 14.0 Å². The fourth-order valence-electron chi connectivity index (χ4n) is 2.56. The van der Waals surface area contributed by atoms with Gasteiger partial charge in [0.15, 0.2) is 5.69 Å². The number of halogens is 1. The molecule has 0 atom stereocenters. The summed E-state index contributed by atoms with van der Waals surface area (Å²) < 4.78 is 18.6. The van der Waals surface area contributed by atoms with Gasteiger partial charge in [0.05, 0.1) is 12.8 Å². The van der Waals surface area contributed by atoms with E-state index in [2.05, 4.69) is 20.8 Å². The molecule has 3 aromatic rings. The van der Waals surface area contributed by atoms with Crippen LogP contribution in [0.25, 0.3) is 0 Å². The highest BCUT2D eigenvalue weighted by atomic mass is 19.1. The average Bonchev–Trinajstić information content (AvgIpc) is 3.18. The lowest BCUT2D eigenvalue weighted by molar-refractivity contribution is 0.101. The first-order valence-electron chi connectivity index (χ1n) is 8.60. The summed E-state index contributed by atoms with van der Waals surface area (Å²) in [6.45, 7) is 1.95. The molecule has 3 rings (SSSR count). The number of nitrogens with zero attached hydrogens (tertiary/aromatic N) is 1. The van der Waals surface area contributed by atoms with Gasteiger partial charge in [0.1, 0.15) is 11.6 Å². The second kappa shape index (κ2) is 8.34. The molecule has 28 heavy (non-hydrogen) atoms. The summed E-state index contributed by atoms with van der Waals surface area (Å²) in [4.78, 5) is 24.7. The largest absolute Gasteiger partial charge is 0.495 e. The molecule has 0 aliphatic rings. The number of ether oxygens (including phenoxy) is 1. The third-order valence-electron chi connectivity index (χ3n) is 4.04. The first kappa shape index (κ1) is 19.1. The number of hydrogen-bond acceptors (Lipinski definition) is 4. The zero-order chi connectivity index (χ0) is 20.1. The maximum atomic E-state index is 13.3. The number of benzene rings is 2. The van der Waals surface area contributed by atoms with E-state index < -0.39 is 11.7 Å². The number of H-pyrrole nitrogens is 1. The zero-order valence-corrected chi connectivity index (χ0v) is 15.4. The van der Waals surface area contributed by atoms with Crippen molar-refractivity contribution in [1.82, 2.24) is 10.2 Å². The van der Waals surface area contributed by atoms with Crippen LogP contribution < -0.4 is 15.4 Å². The number of anilines is 2. The van der Waals surface area contributed by atoms with Crippen molar-refractivity contribution in [3.8, 4) is 5.75 Å². The lowest BCUT2D eigenvalue weighted by atomic mass is 10.2. The summed E-state index contributed by atoms with van der Waals surface area (Å²) in [5, 5.41) is 12.1. The standard InChI is InChI=1S/C20H19FN4O3/c1-3-14-10-17(25-24-14)20(27)22-15-7-8-18(28-2)16(11-15)23-19(26)12-5-4-6-13(21)9-12/h4-11H,3H2,1-2H3,(H,22,27)(H,23,26)(H,24,25). The van der Waals surface area contributed by atoms with E-state index in [1.807, 2.05) is 6.92 Å². The number of carbonyl (C=O) groups excluding carboxylic acids is 2. The van der Waals surface area contributed by atoms with E-state index >= 15 is 0 Å². The molecule has 7 nitrogen and oxygen atoms in total. The summed E-state index contributed by atoms with van der Waals surface area (Å²) in [5.74, 6) is -0.994. The van der Waals surface area contributed by atoms with Crippen molar-refractivity contribution >= 4 is 23.2 Å². The van der Waals surface area contributed by atoms with Crippen molar-refractivity contribution in [1.29, 1.82) is 0 Å². The molecule has 0 fully saturated rings. The van der Waals surface area contributed by atoms with Crippen LogP contribution in [0.5, 0.6) is 5.75 Å². The SMILES string of the molecule is CCc1cc(C(=O)Nc2ccc(OC)c(NC(=O)c3cccc(F)c3)c2)n[nH]1. The molecular formula is C20H19FN4O3. The molecule has 0 radical (unpaired) electrons. The number of nitrogens with one attached hydrogen (secondary N) is 3. The lowest BCUT2D eigenvalue weighted by Crippen LogP contribution is -2.15. The second-order valence-corrected chi connectivity index (χ2v) is 5.97. The summed E-state index contributed by atoms with van der Waals surface area (Å²) in [6, 6.07) is 11.8. The van der Waals surface area contributed by atoms with Crippen molar-refractivity contribution < 1.29 is 18.7 Å². The van der Waals surface area contributed by atoms with Gasteiger partial charge in [-0.1, -0.05) is 13.0 Å². The van der Waals surface area contributed by atoms with Gasteiger partial charge < -0.3 is 15.4 Å². The summed E-state index contributed by atoms with van der Waals surface area (Å²) in [6.07, 6.45) is 0.735. The molecule has 0 unspecified atom stereocenters. The smallest absolute Gasteiger partial charge is 0.276 e. The van der Waals surface area contributed by atoms with Crippen LogP contribution in [0.2, 0.25) is 0 Å². The van der Waals surface area contributed by atoms with Crippen LogP contribution in [-0.2, 0) is 6.42 Å². The van der Waals surface area contributed by atoms with Gasteiger partial charge >= 0.3 is 0 Å². The summed E-state index contributed by atoms with van der Waals surface area (Å²) in [7, 11) is 1.46. The van der Waals surface area contributed by atoms with E-state index in [1.165, 1.54) is 25.3 Å². The van der Waals surface area contributed by atoms with E-state index in [-0.39, 0.29) is 17.2 Å². The Morgan fingerprint density at radius 3 is 2.61 bits per heavy atom. The van der Waals surface area contributed by atoms with Crippen LogP contribution in [0.1, 0.15) is 33.5 Å². The maximum Gasteiger partial charge on any atom is 0.276 e. The van der Waals surface area contributed by atoms with Gasteiger partial charge in [-0.3, -0.25) is 14.7 Å². The topological polar surface area (TPSA) is 96.1 Å². The molecule has 1 aromatic heterocycles. The first-order valence-corrected chi connectivity index (χ1v) is 8.60. The minimum Gasteiger partial charge on any atom is -0.495 e. The molecule has 0 saturated carbocycles. The van der Waals surface area contributed by atoms with E-state index in [0.29, 0.717) is 17.1 Å². The number of amides is 2. The number of aromatic nitrogens is 2. The van der Waals surface area contributed by atoms with E-state index in [1.54, 1.807) is 24.3 Å². The van der Waals surface area contributed by atoms with E-state index in [0.717, 1.165) is 18.2 Å². The molecule has 3 N–H and O–H groups in total. The van der Waals surface area contributed by atoms with Crippen LogP contribution in [0.4, 0.5) is 15.8 Å². The molecular weight excluding hydrogens is 363 g/mol. The van der Waals surface area contributed by atoms with Gasteiger partial charge in [0, 0.05) is 16.9 Å². The van der Waals surface area contributed by atoms with Gasteiger partial charge in [-0.2, -0.15) is 5.10 Å². The zero-order valence-electron chi connectivity index (χ0n) is 15.4. The molecule has 8 heteroatoms. The van der Waals surface area contributed by atoms with Gasteiger partial charge in [0.25, 0.3) is 11.8 Å². The van der Waals surface area contributed by atoms with Crippen LogP contribution in [0, 0.1) is 5.82 Å². The fourth-order valence-corrected chi connectivity index (χ4v) is 2.56. The van der Waals surface area contributed by atoms with Crippen molar-refractivity contribution in [3.63, 3.8) is 0 Å². The normalized spacial score (nSPS) is 10.4. The number of hydrogen-bond donors (Lipinski definition) is 3. The van der Waals surface area contributed by atoms with Crippen LogP contribution in [-0.4, -0.2) is 29.1 Å². The Bertz CT molecular complexity index is 1020. The lowest BCUT2D eigenvalue weighted by Gasteiger charge is -2.12. The molecule has 2 amide bonds. The molecule has 1 heterocycles. The first-order chi connectivity index (χ1) is 13.5. The highest BCUT2D eigenvalue weighted by Gasteiger charge is 2.14. The molecule has 0 bridgehead atoms. The van der Waals surface area contributed by atoms with Gasteiger partial charge in [-0.15, -0.1) is 0 Å². The molecule has 144 valence electrons. The Kier molecular flexibility index (Phi) is 5.69. The van der Waals surface area contributed by atoms with E-state index in [4.69, 9.17) is 4.74 Å². The highest BCUT2D eigenvalue weighted by molar-refractivity contribution is 6.06. The van der Waals surface area contributed by atoms with Crippen molar-refractivity contribution in [2.75, 3.05) is 17.7 Å². The Balaban J connectivity index is 1.79. The Morgan fingerprint density at radius 1 is 1.11 bits per heavy atom. The molecule has 0 aliphatic carbocycles. The average molecular weight is 382 g/mol. The highest BCUT2D eigenvalue weighted by Crippen LogP contribution is 2.28. The van der Waals surface area contributed by atoms with Crippen LogP contribution in [0.15, 0.2) is 48.5 Å².